The highest BCUT2D eigenvalue weighted by atomic mass is 16.7. The van der Waals surface area contributed by atoms with Gasteiger partial charge in [-0.3, -0.25) is 0 Å². The maximum atomic E-state index is 10.4. The molecule has 1 unspecified atom stereocenters. The zero-order valence-corrected chi connectivity index (χ0v) is 7.00. The summed E-state index contributed by atoms with van der Waals surface area (Å²) in [4.78, 5) is 10.4. The van der Waals surface area contributed by atoms with Crippen LogP contribution in [0, 0.1) is 5.92 Å². The van der Waals surface area contributed by atoms with Crippen LogP contribution in [-0.2, 0) is 14.3 Å². The molecule has 3 nitrogen and oxygen atoms in total. The van der Waals surface area contributed by atoms with Crippen LogP contribution in [0.5, 0.6) is 0 Å². The van der Waals surface area contributed by atoms with E-state index in [1.54, 1.807) is 14.2 Å². The van der Waals surface area contributed by atoms with Crippen LogP contribution in [-0.4, -0.2) is 26.3 Å². The van der Waals surface area contributed by atoms with Crippen molar-refractivity contribution in [1.82, 2.24) is 0 Å². The Morgan fingerprint density at radius 1 is 1.45 bits per heavy atom. The van der Waals surface area contributed by atoms with Gasteiger partial charge in [0.2, 0.25) is 0 Å². The fraction of sp³-hybridized carbons (Fsp3) is 0.875. The molecule has 1 saturated carbocycles. The first kappa shape index (κ1) is 8.68. The van der Waals surface area contributed by atoms with Gasteiger partial charge >= 0.3 is 0 Å². The molecule has 0 bridgehead atoms. The molecule has 0 spiro atoms. The number of rotatable bonds is 3. The van der Waals surface area contributed by atoms with Crippen molar-refractivity contribution in [3.8, 4) is 0 Å². The van der Waals surface area contributed by atoms with Crippen LogP contribution in [0.15, 0.2) is 0 Å². The van der Waals surface area contributed by atoms with Crippen molar-refractivity contribution < 1.29 is 14.3 Å². The second-order valence-corrected chi connectivity index (χ2v) is 2.96. The molecule has 0 aromatic heterocycles. The average Bonchev–Trinajstić information content (AvgIpc) is 2.49. The third-order valence-electron chi connectivity index (χ3n) is 2.41. The Morgan fingerprint density at radius 2 is 2.09 bits per heavy atom. The van der Waals surface area contributed by atoms with E-state index in [-0.39, 0.29) is 5.92 Å². The van der Waals surface area contributed by atoms with Crippen LogP contribution < -0.4 is 0 Å². The summed E-state index contributed by atoms with van der Waals surface area (Å²) in [5.41, 5.74) is 0. The number of hydrogen-bond acceptors (Lipinski definition) is 3. The summed E-state index contributed by atoms with van der Waals surface area (Å²) < 4.78 is 10.4. The Hall–Kier alpha value is -0.410. The van der Waals surface area contributed by atoms with Gasteiger partial charge in [0.05, 0.1) is 0 Å². The maximum Gasteiger partial charge on any atom is 0.168 e. The number of ether oxygens (including phenoxy) is 2. The summed E-state index contributed by atoms with van der Waals surface area (Å²) in [5.74, 6) is -0.360. The van der Waals surface area contributed by atoms with Gasteiger partial charge in [0.15, 0.2) is 5.79 Å². The van der Waals surface area contributed by atoms with Gasteiger partial charge in [-0.25, -0.2) is 0 Å². The lowest BCUT2D eigenvalue weighted by Crippen LogP contribution is -2.30. The third-order valence-corrected chi connectivity index (χ3v) is 2.41. The van der Waals surface area contributed by atoms with Crippen LogP contribution in [0.25, 0.3) is 0 Å². The summed E-state index contributed by atoms with van der Waals surface area (Å²) in [6.07, 6.45) is 3.39. The number of aldehydes is 1. The van der Waals surface area contributed by atoms with Crippen molar-refractivity contribution in [3.63, 3.8) is 0 Å². The fourth-order valence-electron chi connectivity index (χ4n) is 1.58. The molecule has 1 atom stereocenters. The monoisotopic (exact) mass is 158 g/mol. The van der Waals surface area contributed by atoms with Gasteiger partial charge in [0, 0.05) is 33.0 Å². The summed E-state index contributed by atoms with van der Waals surface area (Å²) in [6, 6.07) is 0. The van der Waals surface area contributed by atoms with Crippen LogP contribution in [0.1, 0.15) is 19.3 Å². The molecule has 0 aromatic carbocycles. The minimum absolute atomic E-state index is 0.120. The van der Waals surface area contributed by atoms with E-state index in [2.05, 4.69) is 0 Å². The predicted molar refractivity (Wildman–Crippen MR) is 40.2 cm³/mol. The van der Waals surface area contributed by atoms with Gasteiger partial charge in [-0.05, 0) is 6.42 Å². The molecule has 0 aromatic rings. The van der Waals surface area contributed by atoms with E-state index >= 15 is 0 Å². The lowest BCUT2D eigenvalue weighted by Gasteiger charge is -2.25. The van der Waals surface area contributed by atoms with Gasteiger partial charge in [0.1, 0.15) is 6.29 Å². The highest BCUT2D eigenvalue weighted by Gasteiger charge is 2.39. The van der Waals surface area contributed by atoms with E-state index in [1.807, 2.05) is 0 Å². The molecule has 0 radical (unpaired) electrons. The molecule has 3 heteroatoms. The molecular formula is C8H14O3. The van der Waals surface area contributed by atoms with Crippen molar-refractivity contribution >= 4 is 6.29 Å². The highest BCUT2D eigenvalue weighted by molar-refractivity contribution is 5.54. The maximum absolute atomic E-state index is 10.4. The van der Waals surface area contributed by atoms with Gasteiger partial charge in [-0.15, -0.1) is 0 Å². The number of hydrogen-bond donors (Lipinski definition) is 0. The first-order valence-corrected chi connectivity index (χ1v) is 3.82. The van der Waals surface area contributed by atoms with E-state index in [9.17, 15) is 4.79 Å². The quantitative estimate of drug-likeness (QED) is 0.453. The molecule has 0 saturated heterocycles. The number of carbonyl (C=O) groups excluding carboxylic acids is 1. The second kappa shape index (κ2) is 3.32. The zero-order chi connectivity index (χ0) is 8.32. The SMILES string of the molecule is COC1(OC)CCC(C=O)C1. The molecule has 0 aliphatic heterocycles. The largest absolute Gasteiger partial charge is 0.353 e. The topological polar surface area (TPSA) is 35.5 Å². The fourth-order valence-corrected chi connectivity index (χ4v) is 1.58. The molecule has 64 valence electrons. The zero-order valence-electron chi connectivity index (χ0n) is 7.00. The van der Waals surface area contributed by atoms with Crippen molar-refractivity contribution in [3.05, 3.63) is 0 Å². The van der Waals surface area contributed by atoms with Gasteiger partial charge in [-0.2, -0.15) is 0 Å². The minimum atomic E-state index is -0.481. The van der Waals surface area contributed by atoms with Crippen molar-refractivity contribution in [2.24, 2.45) is 5.92 Å². The minimum Gasteiger partial charge on any atom is -0.353 e. The Morgan fingerprint density at radius 3 is 2.36 bits per heavy atom. The smallest absolute Gasteiger partial charge is 0.168 e. The van der Waals surface area contributed by atoms with E-state index in [0.29, 0.717) is 6.42 Å². The molecule has 0 heterocycles. The summed E-state index contributed by atoms with van der Waals surface area (Å²) in [7, 11) is 3.24. The van der Waals surface area contributed by atoms with Crippen molar-refractivity contribution in [1.29, 1.82) is 0 Å². The van der Waals surface area contributed by atoms with E-state index in [0.717, 1.165) is 19.1 Å². The standard InChI is InChI=1S/C8H14O3/c1-10-8(11-2)4-3-7(5-8)6-9/h6-7H,3-5H2,1-2H3. The van der Waals surface area contributed by atoms with Crippen molar-refractivity contribution in [2.75, 3.05) is 14.2 Å². The Bertz CT molecular complexity index is 140. The molecule has 1 aliphatic carbocycles. The first-order chi connectivity index (χ1) is 5.26. The van der Waals surface area contributed by atoms with Gasteiger partial charge in [0.25, 0.3) is 0 Å². The lowest BCUT2D eigenvalue weighted by molar-refractivity contribution is -0.202. The van der Waals surface area contributed by atoms with Crippen LogP contribution in [0.3, 0.4) is 0 Å². The van der Waals surface area contributed by atoms with Crippen LogP contribution in [0.4, 0.5) is 0 Å². The summed E-state index contributed by atoms with van der Waals surface area (Å²) >= 11 is 0. The Labute approximate surface area is 66.7 Å². The molecule has 1 fully saturated rings. The Balaban J connectivity index is 2.54. The summed E-state index contributed by atoms with van der Waals surface area (Å²) in [5, 5.41) is 0. The lowest BCUT2D eigenvalue weighted by atomic mass is 10.1. The predicted octanol–water partition coefficient (Wildman–Crippen LogP) is 0.975. The normalized spacial score (nSPS) is 28.7. The van der Waals surface area contributed by atoms with E-state index in [4.69, 9.17) is 9.47 Å². The number of methoxy groups -OCH3 is 2. The first-order valence-electron chi connectivity index (χ1n) is 3.82. The van der Waals surface area contributed by atoms with Gasteiger partial charge < -0.3 is 14.3 Å². The van der Waals surface area contributed by atoms with E-state index in [1.165, 1.54) is 0 Å². The van der Waals surface area contributed by atoms with Crippen molar-refractivity contribution in [2.45, 2.75) is 25.0 Å². The van der Waals surface area contributed by atoms with Gasteiger partial charge in [-0.1, -0.05) is 0 Å². The molecule has 0 N–H and O–H groups in total. The second-order valence-electron chi connectivity index (χ2n) is 2.96. The molecule has 0 amide bonds. The van der Waals surface area contributed by atoms with E-state index < -0.39 is 5.79 Å². The average molecular weight is 158 g/mol. The Kier molecular flexibility index (Phi) is 2.62. The molecular weight excluding hydrogens is 144 g/mol. The third kappa shape index (κ3) is 1.60. The molecule has 1 rings (SSSR count). The number of carbonyl (C=O) groups is 1. The summed E-state index contributed by atoms with van der Waals surface area (Å²) in [6.45, 7) is 0. The highest BCUT2D eigenvalue weighted by Crippen LogP contribution is 2.36. The molecule has 1 aliphatic rings. The van der Waals surface area contributed by atoms with Crippen LogP contribution in [0.2, 0.25) is 0 Å². The molecule has 11 heavy (non-hydrogen) atoms. The van der Waals surface area contributed by atoms with Crippen LogP contribution >= 0.6 is 0 Å².